The summed E-state index contributed by atoms with van der Waals surface area (Å²) in [5.41, 5.74) is 4.79. The summed E-state index contributed by atoms with van der Waals surface area (Å²) < 4.78 is 17.5. The Kier molecular flexibility index (Phi) is 7.96. The van der Waals surface area contributed by atoms with Gasteiger partial charge in [-0.15, -0.1) is 0 Å². The normalized spacial score (nSPS) is 20.9. The molecule has 0 unspecified atom stereocenters. The number of nitrogens with one attached hydrogen (secondary N) is 1. The highest BCUT2D eigenvalue weighted by molar-refractivity contribution is 5.73. The molecule has 4 aliphatic rings. The van der Waals surface area contributed by atoms with E-state index in [-0.39, 0.29) is 6.09 Å². The highest BCUT2D eigenvalue weighted by atomic mass is 16.6. The van der Waals surface area contributed by atoms with Crippen molar-refractivity contribution in [3.05, 3.63) is 35.3 Å². The summed E-state index contributed by atoms with van der Waals surface area (Å²) in [5.74, 6) is 2.08. The van der Waals surface area contributed by atoms with E-state index in [1.165, 1.54) is 0 Å². The quantitative estimate of drug-likeness (QED) is 0.562. The standard InChI is InChI=1S/C31H44N6O4/c1-21-28-26(34-29-24(20-40-28)27(5-10-32-29)36-15-17-39-18-16-36)19-25(33-21)22-6-11-35(12-7-22)23-8-13-37(14-9-23)30(38)41-31(2,3)4/h5,10,19,22-23H,6-9,11-18,20H2,1-4H3,(H,32,34). The number of morpholine rings is 1. The van der Waals surface area contributed by atoms with Crippen LogP contribution in [0.15, 0.2) is 18.3 Å². The van der Waals surface area contributed by atoms with Crippen LogP contribution < -0.4 is 15.0 Å². The number of ether oxygens (including phenoxy) is 3. The molecule has 0 saturated carbocycles. The molecule has 3 fully saturated rings. The molecule has 10 heteroatoms. The lowest BCUT2D eigenvalue weighted by Gasteiger charge is -2.41. The van der Waals surface area contributed by atoms with Crippen molar-refractivity contribution in [1.82, 2.24) is 19.8 Å². The number of fused-ring (bicyclic) bond motifs is 2. The Morgan fingerprint density at radius 1 is 1.05 bits per heavy atom. The van der Waals surface area contributed by atoms with Crippen LogP contribution in [-0.4, -0.2) is 90.0 Å². The van der Waals surface area contributed by atoms with E-state index in [1.807, 2.05) is 38.8 Å². The molecule has 0 atom stereocenters. The van der Waals surface area contributed by atoms with Gasteiger partial charge in [0.25, 0.3) is 0 Å². The Labute approximate surface area is 243 Å². The second-order valence-electron chi connectivity index (χ2n) is 12.7. The molecule has 2 aromatic rings. The topological polar surface area (TPSA) is 92.3 Å². The van der Waals surface area contributed by atoms with Crippen LogP contribution in [0.4, 0.5) is 22.0 Å². The SMILES string of the molecule is Cc1nc(C2CCN(C3CCN(C(=O)OC(C)(C)C)CC3)CC2)cc2c1OCc1c(N3CCOCC3)ccnc1N2. The number of hydrogen-bond acceptors (Lipinski definition) is 9. The van der Waals surface area contributed by atoms with Crippen LogP contribution in [-0.2, 0) is 16.1 Å². The number of piperidine rings is 2. The number of likely N-dealkylation sites (tertiary alicyclic amines) is 2. The molecular weight excluding hydrogens is 520 g/mol. The fourth-order valence-electron chi connectivity index (χ4n) is 6.57. The zero-order valence-corrected chi connectivity index (χ0v) is 24.9. The maximum atomic E-state index is 12.5. The Bertz CT molecular complexity index is 1240. The van der Waals surface area contributed by atoms with Crippen LogP contribution >= 0.6 is 0 Å². The van der Waals surface area contributed by atoms with Crippen LogP contribution in [0, 0.1) is 6.92 Å². The molecule has 222 valence electrons. The molecule has 1 amide bonds. The summed E-state index contributed by atoms with van der Waals surface area (Å²) in [4.78, 5) is 29.0. The first-order valence-corrected chi connectivity index (χ1v) is 15.2. The van der Waals surface area contributed by atoms with Gasteiger partial charge in [-0.2, -0.15) is 0 Å². The predicted molar refractivity (Wildman–Crippen MR) is 158 cm³/mol. The number of nitrogens with zero attached hydrogens (tertiary/aromatic N) is 5. The van der Waals surface area contributed by atoms with E-state index in [2.05, 4.69) is 27.2 Å². The fourth-order valence-corrected chi connectivity index (χ4v) is 6.57. The molecular formula is C31H44N6O4. The monoisotopic (exact) mass is 564 g/mol. The summed E-state index contributed by atoms with van der Waals surface area (Å²) in [6, 6.07) is 4.78. The number of amides is 1. The first-order chi connectivity index (χ1) is 19.7. The summed E-state index contributed by atoms with van der Waals surface area (Å²) in [6.07, 6.45) is 5.85. The van der Waals surface area contributed by atoms with Gasteiger partial charge in [-0.3, -0.25) is 4.98 Å². The fraction of sp³-hybridized carbons (Fsp3) is 0.645. The molecule has 0 spiro atoms. The average Bonchev–Trinajstić information content (AvgIpc) is 3.16. The summed E-state index contributed by atoms with van der Waals surface area (Å²) in [6.45, 7) is 15.1. The van der Waals surface area contributed by atoms with Gasteiger partial charge in [0.05, 0.1) is 30.2 Å². The van der Waals surface area contributed by atoms with Crippen LogP contribution in [0.3, 0.4) is 0 Å². The lowest BCUT2D eigenvalue weighted by molar-refractivity contribution is 0.0126. The van der Waals surface area contributed by atoms with Crippen molar-refractivity contribution in [2.45, 2.75) is 77.5 Å². The Balaban J connectivity index is 1.09. The lowest BCUT2D eigenvalue weighted by Crippen LogP contribution is -2.49. The van der Waals surface area contributed by atoms with Gasteiger partial charge in [-0.1, -0.05) is 0 Å². The smallest absolute Gasteiger partial charge is 0.410 e. The van der Waals surface area contributed by atoms with Crippen molar-refractivity contribution in [2.75, 3.05) is 62.7 Å². The Morgan fingerprint density at radius 2 is 1.78 bits per heavy atom. The maximum Gasteiger partial charge on any atom is 0.410 e. The molecule has 0 aromatic carbocycles. The van der Waals surface area contributed by atoms with E-state index in [0.29, 0.717) is 18.6 Å². The second kappa shape index (κ2) is 11.6. The molecule has 0 bridgehead atoms. The molecule has 6 rings (SSSR count). The first-order valence-electron chi connectivity index (χ1n) is 15.2. The molecule has 41 heavy (non-hydrogen) atoms. The number of pyridine rings is 2. The number of hydrogen-bond donors (Lipinski definition) is 1. The van der Waals surface area contributed by atoms with Crippen LogP contribution in [0.25, 0.3) is 0 Å². The third kappa shape index (κ3) is 6.23. The van der Waals surface area contributed by atoms with E-state index in [9.17, 15) is 4.79 Å². The van der Waals surface area contributed by atoms with E-state index in [0.717, 1.165) is 118 Å². The summed E-state index contributed by atoms with van der Waals surface area (Å²) in [5, 5.41) is 3.60. The predicted octanol–water partition coefficient (Wildman–Crippen LogP) is 4.84. The number of aryl methyl sites for hydroxylation is 1. The third-order valence-electron chi connectivity index (χ3n) is 8.74. The molecule has 0 aliphatic carbocycles. The average molecular weight is 565 g/mol. The maximum absolute atomic E-state index is 12.5. The minimum absolute atomic E-state index is 0.188. The van der Waals surface area contributed by atoms with Crippen molar-refractivity contribution in [3.63, 3.8) is 0 Å². The van der Waals surface area contributed by atoms with Crippen molar-refractivity contribution >= 4 is 23.3 Å². The van der Waals surface area contributed by atoms with Gasteiger partial charge in [0, 0.05) is 55.7 Å². The van der Waals surface area contributed by atoms with E-state index in [4.69, 9.17) is 24.2 Å². The number of carbonyl (C=O) groups is 1. The minimum Gasteiger partial charge on any atom is -0.485 e. The Morgan fingerprint density at radius 3 is 2.49 bits per heavy atom. The van der Waals surface area contributed by atoms with Gasteiger partial charge in [-0.25, -0.2) is 9.78 Å². The number of carbonyl (C=O) groups excluding carboxylic acids is 1. The number of aromatic nitrogens is 2. The van der Waals surface area contributed by atoms with Gasteiger partial charge >= 0.3 is 6.09 Å². The molecule has 1 N–H and O–H groups in total. The summed E-state index contributed by atoms with van der Waals surface area (Å²) in [7, 11) is 0. The zero-order valence-electron chi connectivity index (χ0n) is 24.9. The molecule has 4 aliphatic heterocycles. The number of anilines is 3. The molecule has 6 heterocycles. The summed E-state index contributed by atoms with van der Waals surface area (Å²) >= 11 is 0. The molecule has 2 aromatic heterocycles. The van der Waals surface area contributed by atoms with Gasteiger partial charge in [0.1, 0.15) is 18.0 Å². The van der Waals surface area contributed by atoms with Crippen LogP contribution in [0.5, 0.6) is 5.75 Å². The highest BCUT2D eigenvalue weighted by Crippen LogP contribution is 2.41. The van der Waals surface area contributed by atoms with Gasteiger partial charge in [0.2, 0.25) is 0 Å². The highest BCUT2D eigenvalue weighted by Gasteiger charge is 2.33. The lowest BCUT2D eigenvalue weighted by atomic mass is 9.90. The van der Waals surface area contributed by atoms with E-state index >= 15 is 0 Å². The molecule has 0 radical (unpaired) electrons. The van der Waals surface area contributed by atoms with Crippen molar-refractivity contribution in [2.24, 2.45) is 0 Å². The van der Waals surface area contributed by atoms with Crippen LogP contribution in [0.1, 0.15) is 69.3 Å². The minimum atomic E-state index is -0.453. The van der Waals surface area contributed by atoms with Crippen molar-refractivity contribution in [3.8, 4) is 5.75 Å². The third-order valence-corrected chi connectivity index (χ3v) is 8.74. The van der Waals surface area contributed by atoms with Crippen molar-refractivity contribution < 1.29 is 19.0 Å². The first kappa shape index (κ1) is 28.0. The van der Waals surface area contributed by atoms with Gasteiger partial charge in [-0.05, 0) is 78.6 Å². The molecule has 3 saturated heterocycles. The molecule has 10 nitrogen and oxygen atoms in total. The Hall–Kier alpha value is -3.11. The number of rotatable bonds is 3. The van der Waals surface area contributed by atoms with E-state index in [1.54, 1.807) is 0 Å². The van der Waals surface area contributed by atoms with Gasteiger partial charge in [0.15, 0.2) is 5.75 Å². The largest absolute Gasteiger partial charge is 0.485 e. The zero-order chi connectivity index (χ0) is 28.6. The van der Waals surface area contributed by atoms with Crippen LogP contribution in [0.2, 0.25) is 0 Å². The van der Waals surface area contributed by atoms with Crippen molar-refractivity contribution in [1.29, 1.82) is 0 Å². The van der Waals surface area contributed by atoms with E-state index < -0.39 is 5.60 Å². The van der Waals surface area contributed by atoms with Gasteiger partial charge < -0.3 is 34.2 Å². The second-order valence-corrected chi connectivity index (χ2v) is 12.7.